The van der Waals surface area contributed by atoms with Gasteiger partial charge in [0.25, 0.3) is 0 Å². The summed E-state index contributed by atoms with van der Waals surface area (Å²) in [7, 11) is -1.13. The lowest BCUT2D eigenvalue weighted by molar-refractivity contribution is 0.568. The Hall–Kier alpha value is 0.0900. The molecule has 0 aliphatic rings. The number of hydrogen-bond acceptors (Lipinski definition) is 4. The number of halogens is 1. The molecule has 0 radical (unpaired) electrons. The van der Waals surface area contributed by atoms with Crippen LogP contribution in [0.15, 0.2) is 15.9 Å². The first kappa shape index (κ1) is 13.2. The lowest BCUT2D eigenvalue weighted by Crippen LogP contribution is -2.34. The molecular weight excluding hydrogens is 298 g/mol. The summed E-state index contributed by atoms with van der Waals surface area (Å²) in [6, 6.07) is 3.99. The second-order valence-corrected chi connectivity index (χ2v) is 8.22. The van der Waals surface area contributed by atoms with Crippen molar-refractivity contribution in [2.75, 3.05) is 19.1 Å². The van der Waals surface area contributed by atoms with Gasteiger partial charge in [-0.3, -0.25) is 0 Å². The number of rotatable bonds is 5. The highest BCUT2D eigenvalue weighted by Crippen LogP contribution is 2.23. The minimum atomic E-state index is -2.92. The van der Waals surface area contributed by atoms with Crippen LogP contribution in [0.5, 0.6) is 0 Å². The average Bonchev–Trinajstić information content (AvgIpc) is 2.47. The zero-order valence-corrected chi connectivity index (χ0v) is 11.9. The molecule has 1 unspecified atom stereocenters. The minimum absolute atomic E-state index is 0.00875. The van der Waals surface area contributed by atoms with E-state index in [1.54, 1.807) is 18.4 Å². The van der Waals surface area contributed by atoms with Gasteiger partial charge in [0.1, 0.15) is 9.84 Å². The Morgan fingerprint density at radius 1 is 1.53 bits per heavy atom. The molecule has 1 heterocycles. The first-order chi connectivity index (χ1) is 6.90. The van der Waals surface area contributed by atoms with E-state index in [9.17, 15) is 8.42 Å². The number of nitrogens with one attached hydrogen (secondary N) is 1. The van der Waals surface area contributed by atoms with Gasteiger partial charge in [-0.05, 0) is 41.5 Å². The topological polar surface area (TPSA) is 46.2 Å². The number of hydrogen-bond donors (Lipinski definition) is 1. The highest BCUT2D eigenvalue weighted by molar-refractivity contribution is 9.11. The first-order valence-electron chi connectivity index (χ1n) is 4.50. The Bertz CT molecular complexity index is 414. The van der Waals surface area contributed by atoms with E-state index in [1.807, 2.05) is 12.1 Å². The van der Waals surface area contributed by atoms with Crippen LogP contribution in [0.1, 0.15) is 4.88 Å². The summed E-state index contributed by atoms with van der Waals surface area (Å²) in [5.74, 6) is 0.180. The van der Waals surface area contributed by atoms with Crippen LogP contribution >= 0.6 is 27.3 Å². The van der Waals surface area contributed by atoms with Crippen molar-refractivity contribution in [1.29, 1.82) is 0 Å². The van der Waals surface area contributed by atoms with Crippen LogP contribution in [0.4, 0.5) is 0 Å². The SMILES string of the molecule is CNC(Cc1ccc(Br)s1)CS(C)(=O)=O. The van der Waals surface area contributed by atoms with Crippen molar-refractivity contribution in [3.8, 4) is 0 Å². The van der Waals surface area contributed by atoms with Gasteiger partial charge in [0.2, 0.25) is 0 Å². The molecule has 6 heteroatoms. The number of thiophene rings is 1. The van der Waals surface area contributed by atoms with Crippen molar-refractivity contribution < 1.29 is 8.42 Å². The molecule has 0 saturated carbocycles. The predicted molar refractivity (Wildman–Crippen MR) is 68.3 cm³/mol. The molecule has 1 aromatic rings. The van der Waals surface area contributed by atoms with E-state index in [2.05, 4.69) is 21.2 Å². The van der Waals surface area contributed by atoms with Gasteiger partial charge in [0.15, 0.2) is 0 Å². The molecule has 0 fully saturated rings. The van der Waals surface area contributed by atoms with Gasteiger partial charge in [0.05, 0.1) is 9.54 Å². The van der Waals surface area contributed by atoms with Gasteiger partial charge in [-0.15, -0.1) is 11.3 Å². The molecule has 0 spiro atoms. The fourth-order valence-electron chi connectivity index (χ4n) is 1.31. The predicted octanol–water partition coefficient (Wildman–Crippen LogP) is 1.69. The van der Waals surface area contributed by atoms with E-state index in [0.29, 0.717) is 0 Å². The van der Waals surface area contributed by atoms with Crippen molar-refractivity contribution >= 4 is 37.1 Å². The van der Waals surface area contributed by atoms with E-state index in [0.717, 1.165) is 10.2 Å². The molecule has 0 aliphatic carbocycles. The lowest BCUT2D eigenvalue weighted by atomic mass is 10.2. The Morgan fingerprint density at radius 3 is 2.60 bits per heavy atom. The first-order valence-corrected chi connectivity index (χ1v) is 8.17. The lowest BCUT2D eigenvalue weighted by Gasteiger charge is -2.13. The third-order valence-corrected chi connectivity index (χ3v) is 4.64. The standard InChI is InChI=1S/C9H14BrNO2S2/c1-11-7(6-15(2,12)13)5-8-3-4-9(10)14-8/h3-4,7,11H,5-6H2,1-2H3. The van der Waals surface area contributed by atoms with E-state index in [4.69, 9.17) is 0 Å². The maximum atomic E-state index is 11.2. The van der Waals surface area contributed by atoms with Crippen molar-refractivity contribution in [3.63, 3.8) is 0 Å². The second-order valence-electron chi connectivity index (χ2n) is 3.49. The molecule has 0 aliphatic heterocycles. The fraction of sp³-hybridized carbons (Fsp3) is 0.556. The molecule has 0 amide bonds. The van der Waals surface area contributed by atoms with Gasteiger partial charge in [0, 0.05) is 17.2 Å². The van der Waals surface area contributed by atoms with E-state index >= 15 is 0 Å². The van der Waals surface area contributed by atoms with Crippen LogP contribution < -0.4 is 5.32 Å². The summed E-state index contributed by atoms with van der Waals surface area (Å²) in [4.78, 5) is 1.19. The molecule has 0 aromatic carbocycles. The molecule has 1 rings (SSSR count). The zero-order valence-electron chi connectivity index (χ0n) is 8.66. The zero-order chi connectivity index (χ0) is 11.5. The third kappa shape index (κ3) is 5.10. The fourth-order valence-corrected chi connectivity index (χ4v) is 3.89. The Balaban J connectivity index is 2.62. The van der Waals surface area contributed by atoms with Gasteiger partial charge < -0.3 is 5.32 Å². The molecule has 15 heavy (non-hydrogen) atoms. The molecule has 0 saturated heterocycles. The summed E-state index contributed by atoms with van der Waals surface area (Å²) in [5, 5.41) is 3.03. The summed E-state index contributed by atoms with van der Waals surface area (Å²) in [5.41, 5.74) is 0. The molecule has 3 nitrogen and oxygen atoms in total. The number of sulfone groups is 1. The Morgan fingerprint density at radius 2 is 2.20 bits per heavy atom. The second kappa shape index (κ2) is 5.43. The Kier molecular flexibility index (Phi) is 4.76. The van der Waals surface area contributed by atoms with Gasteiger partial charge >= 0.3 is 0 Å². The highest BCUT2D eigenvalue weighted by Gasteiger charge is 2.14. The highest BCUT2D eigenvalue weighted by atomic mass is 79.9. The van der Waals surface area contributed by atoms with Crippen molar-refractivity contribution in [2.24, 2.45) is 0 Å². The van der Waals surface area contributed by atoms with Gasteiger partial charge in [-0.2, -0.15) is 0 Å². The van der Waals surface area contributed by atoms with Gasteiger partial charge in [-0.1, -0.05) is 0 Å². The van der Waals surface area contributed by atoms with Crippen molar-refractivity contribution in [2.45, 2.75) is 12.5 Å². The van der Waals surface area contributed by atoms with Crippen LogP contribution in [0.2, 0.25) is 0 Å². The largest absolute Gasteiger partial charge is 0.316 e. The maximum absolute atomic E-state index is 11.2. The van der Waals surface area contributed by atoms with Crippen LogP contribution in [0, 0.1) is 0 Å². The summed E-state index contributed by atoms with van der Waals surface area (Å²) < 4.78 is 23.4. The quantitative estimate of drug-likeness (QED) is 0.900. The molecule has 1 atom stereocenters. The van der Waals surface area contributed by atoms with E-state index < -0.39 is 9.84 Å². The molecular formula is C9H14BrNO2S2. The van der Waals surface area contributed by atoms with Crippen LogP contribution in [0.25, 0.3) is 0 Å². The average molecular weight is 312 g/mol. The molecule has 1 aromatic heterocycles. The molecule has 0 bridgehead atoms. The van der Waals surface area contributed by atoms with Crippen molar-refractivity contribution in [1.82, 2.24) is 5.32 Å². The van der Waals surface area contributed by atoms with Crippen LogP contribution in [-0.4, -0.2) is 33.5 Å². The van der Waals surface area contributed by atoms with Crippen LogP contribution in [-0.2, 0) is 16.3 Å². The van der Waals surface area contributed by atoms with Gasteiger partial charge in [-0.25, -0.2) is 8.42 Å². The Labute approximate surface area is 103 Å². The smallest absolute Gasteiger partial charge is 0.148 e. The van der Waals surface area contributed by atoms with E-state index in [1.165, 1.54) is 11.1 Å². The van der Waals surface area contributed by atoms with E-state index in [-0.39, 0.29) is 11.8 Å². The molecule has 1 N–H and O–H groups in total. The minimum Gasteiger partial charge on any atom is -0.316 e. The van der Waals surface area contributed by atoms with Crippen LogP contribution in [0.3, 0.4) is 0 Å². The maximum Gasteiger partial charge on any atom is 0.148 e. The summed E-state index contributed by atoms with van der Waals surface area (Å²) >= 11 is 5.02. The summed E-state index contributed by atoms with van der Waals surface area (Å²) in [6.07, 6.45) is 2.02. The van der Waals surface area contributed by atoms with Crippen molar-refractivity contribution in [3.05, 3.63) is 20.8 Å². The number of likely N-dealkylation sites (N-methyl/N-ethyl adjacent to an activating group) is 1. The molecule has 86 valence electrons. The normalized spacial score (nSPS) is 14.1. The third-order valence-electron chi connectivity index (χ3n) is 1.99. The summed E-state index contributed by atoms with van der Waals surface area (Å²) in [6.45, 7) is 0. The monoisotopic (exact) mass is 311 g/mol.